The highest BCUT2D eigenvalue weighted by molar-refractivity contribution is 7.19. The van der Waals surface area contributed by atoms with E-state index in [-0.39, 0.29) is 24.6 Å². The van der Waals surface area contributed by atoms with Crippen molar-refractivity contribution in [3.8, 4) is 0 Å². The first-order valence-electron chi connectivity index (χ1n) is 7.76. The van der Waals surface area contributed by atoms with Crippen molar-refractivity contribution in [2.75, 3.05) is 6.61 Å². The lowest BCUT2D eigenvalue weighted by Gasteiger charge is -2.04. The molecule has 4 heteroatoms. The van der Waals surface area contributed by atoms with Gasteiger partial charge < -0.3 is 9.84 Å². The monoisotopic (exact) mass is 328 g/mol. The van der Waals surface area contributed by atoms with Gasteiger partial charge in [0.25, 0.3) is 0 Å². The molecule has 0 aliphatic carbocycles. The van der Waals surface area contributed by atoms with E-state index in [4.69, 9.17) is 9.84 Å². The van der Waals surface area contributed by atoms with E-state index in [2.05, 4.69) is 18.2 Å². The molecule has 4 rings (SSSR count). The van der Waals surface area contributed by atoms with Crippen LogP contribution in [0.5, 0.6) is 0 Å². The Labute approximate surface area is 138 Å². The predicted molar refractivity (Wildman–Crippen MR) is 90.3 cm³/mol. The summed E-state index contributed by atoms with van der Waals surface area (Å²) in [6.45, 7) is 0.122. The first-order valence-corrected chi connectivity index (χ1v) is 8.58. The number of halogens is 1. The summed E-state index contributed by atoms with van der Waals surface area (Å²) in [5.41, 5.74) is 1.70. The van der Waals surface area contributed by atoms with E-state index in [1.807, 2.05) is 18.2 Å². The van der Waals surface area contributed by atoms with Gasteiger partial charge in [-0.2, -0.15) is 0 Å². The standard InChI is InChI=1S/C19H17FO2S/c20-16-6-5-13(19-17(22-19)7-8-21)9-14(16)11-15-10-12-3-1-2-4-18(12)23-15/h1-6,9-10,17,19,21H,7-8,11H2. The number of aliphatic hydroxyl groups is 1. The quantitative estimate of drug-likeness (QED) is 0.702. The van der Waals surface area contributed by atoms with Crippen LogP contribution >= 0.6 is 11.3 Å². The average Bonchev–Trinajstić information content (AvgIpc) is 3.19. The van der Waals surface area contributed by atoms with E-state index >= 15 is 0 Å². The molecule has 1 saturated heterocycles. The smallest absolute Gasteiger partial charge is 0.126 e. The molecule has 2 aromatic carbocycles. The van der Waals surface area contributed by atoms with Crippen molar-refractivity contribution >= 4 is 21.4 Å². The SMILES string of the molecule is OCCC1OC1c1ccc(F)c(Cc2cc3ccccc3s2)c1. The second-order valence-corrected chi connectivity index (χ2v) is 7.05. The Morgan fingerprint density at radius 2 is 2.00 bits per heavy atom. The molecule has 0 radical (unpaired) electrons. The molecule has 2 heterocycles. The number of hydrogen-bond donors (Lipinski definition) is 1. The van der Waals surface area contributed by atoms with E-state index in [1.165, 1.54) is 16.2 Å². The van der Waals surface area contributed by atoms with Crippen LogP contribution in [-0.2, 0) is 11.2 Å². The first kappa shape index (κ1) is 14.8. The van der Waals surface area contributed by atoms with Gasteiger partial charge in [0.15, 0.2) is 0 Å². The molecule has 2 atom stereocenters. The average molecular weight is 328 g/mol. The lowest BCUT2D eigenvalue weighted by atomic mass is 10.0. The molecule has 1 fully saturated rings. The number of epoxide rings is 1. The number of ether oxygens (including phenoxy) is 1. The summed E-state index contributed by atoms with van der Waals surface area (Å²) in [6.07, 6.45) is 1.30. The maximum absolute atomic E-state index is 14.2. The zero-order valence-electron chi connectivity index (χ0n) is 12.5. The van der Waals surface area contributed by atoms with Crippen LogP contribution in [0.1, 0.15) is 28.5 Å². The molecule has 3 aromatic rings. The number of rotatable bonds is 5. The van der Waals surface area contributed by atoms with Crippen molar-refractivity contribution in [1.82, 2.24) is 0 Å². The lowest BCUT2D eigenvalue weighted by molar-refractivity contribution is 0.262. The normalized spacial score (nSPS) is 20.1. The van der Waals surface area contributed by atoms with Crippen molar-refractivity contribution in [1.29, 1.82) is 0 Å². The van der Waals surface area contributed by atoms with Gasteiger partial charge in [0, 0.05) is 22.6 Å². The minimum Gasteiger partial charge on any atom is -0.396 e. The van der Waals surface area contributed by atoms with Gasteiger partial charge >= 0.3 is 0 Å². The Hall–Kier alpha value is -1.75. The third-order valence-electron chi connectivity index (χ3n) is 4.24. The molecule has 23 heavy (non-hydrogen) atoms. The van der Waals surface area contributed by atoms with Crippen LogP contribution in [0.4, 0.5) is 4.39 Å². The number of hydrogen-bond acceptors (Lipinski definition) is 3. The van der Waals surface area contributed by atoms with Gasteiger partial charge in [-0.15, -0.1) is 11.3 Å². The molecule has 1 aliphatic heterocycles. The maximum atomic E-state index is 14.2. The van der Waals surface area contributed by atoms with E-state index in [0.717, 1.165) is 10.4 Å². The molecule has 1 aliphatic rings. The van der Waals surface area contributed by atoms with Gasteiger partial charge in [0.1, 0.15) is 11.9 Å². The van der Waals surface area contributed by atoms with Crippen LogP contribution in [0.2, 0.25) is 0 Å². The molecule has 1 N–H and O–H groups in total. The molecule has 2 unspecified atom stereocenters. The fourth-order valence-electron chi connectivity index (χ4n) is 3.00. The van der Waals surface area contributed by atoms with Gasteiger partial charge in [-0.1, -0.05) is 24.3 Å². The van der Waals surface area contributed by atoms with Crippen molar-refractivity contribution in [2.24, 2.45) is 0 Å². The summed E-state index contributed by atoms with van der Waals surface area (Å²) in [7, 11) is 0. The number of aliphatic hydroxyl groups excluding tert-OH is 1. The molecule has 0 amide bonds. The predicted octanol–water partition coefficient (Wildman–Crippen LogP) is 4.45. The summed E-state index contributed by atoms with van der Waals surface area (Å²) < 4.78 is 20.9. The minimum absolute atomic E-state index is 0.00362. The van der Waals surface area contributed by atoms with Crippen molar-refractivity contribution in [2.45, 2.75) is 25.0 Å². The van der Waals surface area contributed by atoms with Crippen LogP contribution in [0, 0.1) is 5.82 Å². The highest BCUT2D eigenvalue weighted by Crippen LogP contribution is 2.41. The Bertz CT molecular complexity index is 809. The van der Waals surface area contributed by atoms with E-state index in [0.29, 0.717) is 18.4 Å². The molecule has 1 aromatic heterocycles. The summed E-state index contributed by atoms with van der Waals surface area (Å²) in [4.78, 5) is 1.16. The summed E-state index contributed by atoms with van der Waals surface area (Å²) in [5.74, 6) is -0.175. The van der Waals surface area contributed by atoms with Crippen molar-refractivity contribution in [3.05, 3.63) is 70.4 Å². The second kappa shape index (κ2) is 6.04. The highest BCUT2D eigenvalue weighted by atomic mass is 32.1. The second-order valence-electron chi connectivity index (χ2n) is 5.89. The van der Waals surface area contributed by atoms with Gasteiger partial charge in [-0.05, 0) is 47.2 Å². The van der Waals surface area contributed by atoms with Crippen molar-refractivity contribution < 1.29 is 14.2 Å². The van der Waals surface area contributed by atoms with Gasteiger partial charge in [0.2, 0.25) is 0 Å². The Morgan fingerprint density at radius 1 is 1.13 bits per heavy atom. The van der Waals surface area contributed by atoms with Crippen LogP contribution in [-0.4, -0.2) is 17.8 Å². The van der Waals surface area contributed by atoms with E-state index < -0.39 is 0 Å². The van der Waals surface area contributed by atoms with E-state index in [1.54, 1.807) is 17.4 Å². The van der Waals surface area contributed by atoms with Crippen LogP contribution in [0.25, 0.3) is 10.1 Å². The Balaban J connectivity index is 1.58. The van der Waals surface area contributed by atoms with Crippen LogP contribution in [0.3, 0.4) is 0 Å². The van der Waals surface area contributed by atoms with Crippen molar-refractivity contribution in [3.63, 3.8) is 0 Å². The minimum atomic E-state index is -0.175. The summed E-state index contributed by atoms with van der Waals surface area (Å²) in [6, 6.07) is 15.6. The molecule has 0 bridgehead atoms. The zero-order valence-corrected chi connectivity index (χ0v) is 13.4. The third-order valence-corrected chi connectivity index (χ3v) is 5.35. The zero-order chi connectivity index (χ0) is 15.8. The number of thiophene rings is 1. The number of fused-ring (bicyclic) bond motifs is 1. The Kier molecular flexibility index (Phi) is 3.89. The van der Waals surface area contributed by atoms with Gasteiger partial charge in [-0.3, -0.25) is 0 Å². The number of benzene rings is 2. The summed E-state index contributed by atoms with van der Waals surface area (Å²) >= 11 is 1.71. The fourth-order valence-corrected chi connectivity index (χ4v) is 4.09. The maximum Gasteiger partial charge on any atom is 0.126 e. The molecular weight excluding hydrogens is 311 g/mol. The molecule has 2 nitrogen and oxygen atoms in total. The molecular formula is C19H17FO2S. The first-order chi connectivity index (χ1) is 11.2. The van der Waals surface area contributed by atoms with Gasteiger partial charge in [0.05, 0.1) is 6.10 Å². The molecule has 0 saturated carbocycles. The van der Waals surface area contributed by atoms with E-state index in [9.17, 15) is 4.39 Å². The van der Waals surface area contributed by atoms with Gasteiger partial charge in [-0.25, -0.2) is 4.39 Å². The molecule has 0 spiro atoms. The molecule has 118 valence electrons. The van der Waals surface area contributed by atoms with Crippen LogP contribution < -0.4 is 0 Å². The lowest BCUT2D eigenvalue weighted by Crippen LogP contribution is -1.96. The third kappa shape index (κ3) is 3.02. The largest absolute Gasteiger partial charge is 0.396 e. The fraction of sp³-hybridized carbons (Fsp3) is 0.263. The highest BCUT2D eigenvalue weighted by Gasteiger charge is 2.39. The topological polar surface area (TPSA) is 32.8 Å². The Morgan fingerprint density at radius 3 is 2.83 bits per heavy atom. The van der Waals surface area contributed by atoms with Crippen LogP contribution in [0.15, 0.2) is 48.5 Å². The summed E-state index contributed by atoms with van der Waals surface area (Å²) in [5, 5.41) is 10.2.